The number of hydrogen-bond acceptors (Lipinski definition) is 6. The third-order valence-electron chi connectivity index (χ3n) is 7.64. The summed E-state index contributed by atoms with van der Waals surface area (Å²) in [6.45, 7) is 1.46. The number of rotatable bonds is 5. The first-order valence-electron chi connectivity index (χ1n) is 12.1. The molecule has 2 saturated heterocycles. The van der Waals surface area contributed by atoms with Crippen molar-refractivity contribution >= 4 is 35.1 Å². The van der Waals surface area contributed by atoms with Gasteiger partial charge in [0.1, 0.15) is 11.8 Å². The van der Waals surface area contributed by atoms with Gasteiger partial charge < -0.3 is 9.64 Å². The fourth-order valence-corrected chi connectivity index (χ4v) is 5.88. The molecule has 2 fully saturated rings. The third-order valence-corrected chi connectivity index (χ3v) is 7.64. The van der Waals surface area contributed by atoms with Gasteiger partial charge >= 0.3 is 0 Å². The van der Waals surface area contributed by atoms with E-state index in [1.165, 1.54) is 11.8 Å². The van der Waals surface area contributed by atoms with Gasteiger partial charge in [-0.3, -0.25) is 19.2 Å². The van der Waals surface area contributed by atoms with Crippen LogP contribution in [-0.4, -0.2) is 41.4 Å². The van der Waals surface area contributed by atoms with E-state index in [0.29, 0.717) is 22.6 Å². The van der Waals surface area contributed by atoms with Crippen LogP contribution in [-0.2, 0) is 9.59 Å². The number of Topliss-reactive ketones (excluding diaryl/α,β-unsaturated/α-hetero) is 2. The number of methoxy groups -OCH3 is 1. The van der Waals surface area contributed by atoms with Crippen LogP contribution in [0.25, 0.3) is 6.08 Å². The molecule has 0 aliphatic carbocycles. The van der Waals surface area contributed by atoms with Crippen molar-refractivity contribution < 1.29 is 23.9 Å². The second kappa shape index (κ2) is 8.55. The maximum absolute atomic E-state index is 13.9. The number of ketones is 2. The Balaban J connectivity index is 1.45. The number of hydrogen-bond donors (Lipinski definition) is 0. The number of nitrogens with zero attached hydrogens (tertiary/aromatic N) is 2. The monoisotopic (exact) mass is 492 g/mol. The van der Waals surface area contributed by atoms with E-state index in [2.05, 4.69) is 0 Å². The number of ether oxygens (including phenoxy) is 1. The molecule has 3 aliphatic rings. The van der Waals surface area contributed by atoms with E-state index in [9.17, 15) is 19.2 Å². The summed E-state index contributed by atoms with van der Waals surface area (Å²) in [4.78, 5) is 56.6. The number of carbonyl (C=O) groups excluding carboxylic acids is 4. The van der Waals surface area contributed by atoms with Crippen LogP contribution in [0.5, 0.6) is 5.75 Å². The predicted molar refractivity (Wildman–Crippen MR) is 137 cm³/mol. The fourth-order valence-electron chi connectivity index (χ4n) is 5.88. The topological polar surface area (TPSA) is 84.0 Å². The van der Waals surface area contributed by atoms with Crippen LogP contribution < -0.4 is 9.64 Å². The summed E-state index contributed by atoms with van der Waals surface area (Å²) in [7, 11) is 1.55. The molecule has 0 N–H and O–H groups in total. The molecule has 3 aliphatic heterocycles. The van der Waals surface area contributed by atoms with Crippen molar-refractivity contribution in [3.8, 4) is 5.75 Å². The molecule has 37 heavy (non-hydrogen) atoms. The molecule has 0 spiro atoms. The summed E-state index contributed by atoms with van der Waals surface area (Å²) in [5.41, 5.74) is 3.22. The van der Waals surface area contributed by atoms with E-state index in [0.717, 1.165) is 11.1 Å². The van der Waals surface area contributed by atoms with Gasteiger partial charge in [-0.15, -0.1) is 0 Å². The average Bonchev–Trinajstić information content (AvgIpc) is 3.40. The van der Waals surface area contributed by atoms with Crippen LogP contribution in [0.3, 0.4) is 0 Å². The Morgan fingerprint density at radius 3 is 2.14 bits per heavy atom. The van der Waals surface area contributed by atoms with E-state index in [-0.39, 0.29) is 17.5 Å². The van der Waals surface area contributed by atoms with Crippen LogP contribution >= 0.6 is 0 Å². The number of amides is 2. The van der Waals surface area contributed by atoms with Gasteiger partial charge in [-0.05, 0) is 72.7 Å². The summed E-state index contributed by atoms with van der Waals surface area (Å²) in [5.74, 6) is -2.02. The lowest BCUT2D eigenvalue weighted by atomic mass is 9.83. The minimum atomic E-state index is -0.851. The van der Waals surface area contributed by atoms with Gasteiger partial charge in [-0.2, -0.15) is 0 Å². The first kappa shape index (κ1) is 22.9. The Morgan fingerprint density at radius 2 is 1.46 bits per heavy atom. The van der Waals surface area contributed by atoms with Gasteiger partial charge in [0.05, 0.1) is 30.7 Å². The molecule has 0 saturated carbocycles. The SMILES string of the molecule is COc1ccc(C(=O)[C@@H]2[C@@H]3C(=O)N(c4ccc(C(C)=O)cc4)C(=O)[C@@H]3C3c4ccccc4C=CN32)cc1. The van der Waals surface area contributed by atoms with E-state index in [1.807, 2.05) is 41.4 Å². The maximum Gasteiger partial charge on any atom is 0.240 e. The number of benzene rings is 3. The Labute approximate surface area is 213 Å². The Kier molecular flexibility index (Phi) is 5.30. The van der Waals surface area contributed by atoms with Crippen molar-refractivity contribution in [3.05, 3.63) is 101 Å². The molecule has 7 nitrogen and oxygen atoms in total. The highest BCUT2D eigenvalue weighted by Gasteiger charge is 2.64. The largest absolute Gasteiger partial charge is 0.497 e. The van der Waals surface area contributed by atoms with Crippen LogP contribution in [0.15, 0.2) is 79.0 Å². The normalized spacial score (nSPS) is 23.5. The lowest BCUT2D eigenvalue weighted by molar-refractivity contribution is -0.123. The molecule has 0 aromatic heterocycles. The van der Waals surface area contributed by atoms with Crippen molar-refractivity contribution in [3.63, 3.8) is 0 Å². The molecule has 4 atom stereocenters. The first-order valence-corrected chi connectivity index (χ1v) is 12.1. The van der Waals surface area contributed by atoms with Crippen LogP contribution in [0, 0.1) is 11.8 Å². The minimum Gasteiger partial charge on any atom is -0.497 e. The average molecular weight is 493 g/mol. The number of fused-ring (bicyclic) bond motifs is 5. The summed E-state index contributed by atoms with van der Waals surface area (Å²) in [6.07, 6.45) is 3.76. The summed E-state index contributed by atoms with van der Waals surface area (Å²) in [5, 5.41) is 0. The number of carbonyl (C=O) groups is 4. The molecule has 1 unspecified atom stereocenters. The molecule has 0 radical (unpaired) electrons. The van der Waals surface area contributed by atoms with E-state index in [1.54, 1.807) is 55.6 Å². The van der Waals surface area contributed by atoms with Crippen molar-refractivity contribution in [1.29, 1.82) is 0 Å². The molecule has 7 heteroatoms. The second-order valence-electron chi connectivity index (χ2n) is 9.54. The van der Waals surface area contributed by atoms with Gasteiger partial charge in [0.2, 0.25) is 11.8 Å². The molecule has 2 amide bonds. The van der Waals surface area contributed by atoms with Crippen LogP contribution in [0.2, 0.25) is 0 Å². The molecule has 184 valence electrons. The summed E-state index contributed by atoms with van der Waals surface area (Å²) >= 11 is 0. The summed E-state index contributed by atoms with van der Waals surface area (Å²) < 4.78 is 5.23. The van der Waals surface area contributed by atoms with Crippen LogP contribution in [0.1, 0.15) is 44.8 Å². The van der Waals surface area contributed by atoms with Gasteiger partial charge in [0.15, 0.2) is 11.6 Å². The van der Waals surface area contributed by atoms with Crippen LogP contribution in [0.4, 0.5) is 5.69 Å². The van der Waals surface area contributed by atoms with Gasteiger partial charge in [-0.25, -0.2) is 4.90 Å². The molecule has 0 bridgehead atoms. The zero-order valence-corrected chi connectivity index (χ0v) is 20.3. The fraction of sp³-hybridized carbons (Fsp3) is 0.200. The van der Waals surface area contributed by atoms with Crippen molar-refractivity contribution in [2.24, 2.45) is 11.8 Å². The highest BCUT2D eigenvalue weighted by Crippen LogP contribution is 2.53. The molecule has 3 heterocycles. The molecule has 6 rings (SSSR count). The van der Waals surface area contributed by atoms with Crippen molar-refractivity contribution in [1.82, 2.24) is 4.90 Å². The smallest absolute Gasteiger partial charge is 0.240 e. The second-order valence-corrected chi connectivity index (χ2v) is 9.54. The molecule has 3 aromatic carbocycles. The molecular weight excluding hydrogens is 468 g/mol. The van der Waals surface area contributed by atoms with Gasteiger partial charge in [0.25, 0.3) is 0 Å². The number of imide groups is 1. The Bertz CT molecular complexity index is 1470. The van der Waals surface area contributed by atoms with E-state index < -0.39 is 29.8 Å². The molecule has 3 aromatic rings. The highest BCUT2D eigenvalue weighted by atomic mass is 16.5. The van der Waals surface area contributed by atoms with Gasteiger partial charge in [-0.1, -0.05) is 24.3 Å². The van der Waals surface area contributed by atoms with Crippen molar-refractivity contribution in [2.75, 3.05) is 12.0 Å². The lowest BCUT2D eigenvalue weighted by Gasteiger charge is -2.35. The zero-order chi connectivity index (χ0) is 25.8. The zero-order valence-electron chi connectivity index (χ0n) is 20.3. The standard InChI is InChI=1S/C30H24N2O5/c1-17(33)18-7-11-21(12-8-18)32-29(35)24-25(30(32)36)27(28(34)20-9-13-22(37-2)14-10-20)31-16-15-19-5-3-4-6-23(19)26(24)31/h3-16,24-27H,1-2H3/t24-,25+,26?,27-/m0/s1. The molecular formula is C30H24N2O5. The Hall–Kier alpha value is -4.52. The third kappa shape index (κ3) is 3.42. The highest BCUT2D eigenvalue weighted by molar-refractivity contribution is 6.24. The van der Waals surface area contributed by atoms with Crippen molar-refractivity contribution in [2.45, 2.75) is 19.0 Å². The summed E-state index contributed by atoms with van der Waals surface area (Å²) in [6, 6.07) is 19.7. The lowest BCUT2D eigenvalue weighted by Crippen LogP contribution is -2.44. The van der Waals surface area contributed by atoms with E-state index in [4.69, 9.17) is 4.74 Å². The quantitative estimate of drug-likeness (QED) is 0.390. The van der Waals surface area contributed by atoms with E-state index >= 15 is 0 Å². The minimum absolute atomic E-state index is 0.103. The predicted octanol–water partition coefficient (Wildman–Crippen LogP) is 4.30. The van der Waals surface area contributed by atoms with Gasteiger partial charge in [0, 0.05) is 17.3 Å². The first-order chi connectivity index (χ1) is 17.9. The Morgan fingerprint density at radius 1 is 0.811 bits per heavy atom. The number of anilines is 1. The maximum atomic E-state index is 13.9.